The average Bonchev–Trinajstić information content (AvgIpc) is 2.48. The van der Waals surface area contributed by atoms with Crippen molar-refractivity contribution in [3.05, 3.63) is 0 Å². The van der Waals surface area contributed by atoms with E-state index in [4.69, 9.17) is 14.4 Å². The molecule has 0 aromatic heterocycles. The van der Waals surface area contributed by atoms with Gasteiger partial charge in [0.05, 0.1) is 6.61 Å². The Morgan fingerprint density at radius 3 is 3.00 bits per heavy atom. The number of hydrogen-bond acceptors (Lipinski definition) is 4. The van der Waals surface area contributed by atoms with Crippen LogP contribution in [0.4, 0.5) is 0 Å². The summed E-state index contributed by atoms with van der Waals surface area (Å²) in [4.78, 5) is 0. The lowest BCUT2D eigenvalue weighted by molar-refractivity contribution is 0.374. The van der Waals surface area contributed by atoms with Gasteiger partial charge in [-0.2, -0.15) is 4.55 Å². The highest BCUT2D eigenvalue weighted by atomic mass is 32.2. The molecule has 2 atom stereocenters. The highest BCUT2D eigenvalue weighted by Gasteiger charge is 2.22. The third-order valence-electron chi connectivity index (χ3n) is 1.02. The molecule has 0 aliphatic carbocycles. The summed E-state index contributed by atoms with van der Waals surface area (Å²) in [5.74, 6) is 0.611. The van der Waals surface area contributed by atoms with E-state index in [0.29, 0.717) is 5.75 Å². The Morgan fingerprint density at radius 2 is 2.56 bits per heavy atom. The van der Waals surface area contributed by atoms with Crippen LogP contribution in [-0.4, -0.2) is 29.7 Å². The van der Waals surface area contributed by atoms with Crippen LogP contribution in [0.1, 0.15) is 0 Å². The fraction of sp³-hybridized carbons (Fsp3) is 1.00. The number of ether oxygens (including phenoxy) is 1. The van der Waals surface area contributed by atoms with E-state index in [1.54, 1.807) is 0 Å². The molecule has 0 spiro atoms. The molecule has 4 nitrogen and oxygen atoms in total. The van der Waals surface area contributed by atoms with Gasteiger partial charge in [0.15, 0.2) is 5.75 Å². The number of nitrogens with two attached hydrogens (primary N) is 1. The monoisotopic (exact) mass is 151 g/mol. The molecule has 0 saturated carbocycles. The molecule has 0 aromatic carbocycles. The van der Waals surface area contributed by atoms with Gasteiger partial charge in [0.2, 0.25) is 11.4 Å². The highest BCUT2D eigenvalue weighted by molar-refractivity contribution is 7.89. The Kier molecular flexibility index (Phi) is 2.74. The molecule has 5 heteroatoms. The molecule has 1 rings (SSSR count). The summed E-state index contributed by atoms with van der Waals surface area (Å²) in [7, 11) is 0. The summed E-state index contributed by atoms with van der Waals surface area (Å²) >= 11 is -0.922. The Hall–Kier alpha value is 0.190. The summed E-state index contributed by atoms with van der Waals surface area (Å²) < 4.78 is 13.5. The fourth-order valence-electron chi connectivity index (χ4n) is 0.490. The SMILES string of the molecule is N[S+](O)CCNC1CO1. The molecular weight excluding hydrogens is 140 g/mol. The summed E-state index contributed by atoms with van der Waals surface area (Å²) in [6.45, 7) is 1.53. The van der Waals surface area contributed by atoms with Crippen LogP contribution >= 0.6 is 0 Å². The van der Waals surface area contributed by atoms with Gasteiger partial charge in [0, 0.05) is 6.54 Å². The standard InChI is InChI=1S/C4H11N2O2S/c5-9(7)2-1-6-4-3-8-4/h4,6-7H,1-3,5H2/q+1. The van der Waals surface area contributed by atoms with Crippen LogP contribution < -0.4 is 10.5 Å². The Balaban J connectivity index is 1.81. The van der Waals surface area contributed by atoms with Crippen molar-refractivity contribution < 1.29 is 9.29 Å². The summed E-state index contributed by atoms with van der Waals surface area (Å²) in [6.07, 6.45) is 0.230. The van der Waals surface area contributed by atoms with Gasteiger partial charge in [0.25, 0.3) is 0 Å². The molecule has 1 fully saturated rings. The molecule has 0 bridgehead atoms. The normalized spacial score (nSPS) is 28.0. The van der Waals surface area contributed by atoms with Gasteiger partial charge in [-0.15, -0.1) is 5.14 Å². The maximum Gasteiger partial charge on any atom is 0.233 e. The molecule has 0 amide bonds. The molecule has 0 radical (unpaired) electrons. The molecule has 9 heavy (non-hydrogen) atoms. The van der Waals surface area contributed by atoms with Crippen molar-refractivity contribution in [1.29, 1.82) is 0 Å². The lowest BCUT2D eigenvalue weighted by Crippen LogP contribution is -2.28. The molecule has 4 N–H and O–H groups in total. The Bertz CT molecular complexity index is 84.6. The molecule has 1 heterocycles. The van der Waals surface area contributed by atoms with E-state index in [-0.39, 0.29) is 6.23 Å². The zero-order valence-corrected chi connectivity index (χ0v) is 5.86. The minimum Gasteiger partial charge on any atom is -0.357 e. The van der Waals surface area contributed by atoms with Gasteiger partial charge in [-0.1, -0.05) is 0 Å². The number of nitrogens with one attached hydrogen (secondary N) is 1. The minimum atomic E-state index is -0.922. The molecule has 1 saturated heterocycles. The topological polar surface area (TPSA) is 70.8 Å². The summed E-state index contributed by atoms with van der Waals surface area (Å²) in [6, 6.07) is 0. The van der Waals surface area contributed by atoms with E-state index < -0.39 is 11.4 Å². The largest absolute Gasteiger partial charge is 0.357 e. The van der Waals surface area contributed by atoms with E-state index in [0.717, 1.165) is 13.2 Å². The van der Waals surface area contributed by atoms with Crippen molar-refractivity contribution in [1.82, 2.24) is 5.32 Å². The van der Waals surface area contributed by atoms with Crippen molar-refractivity contribution in [2.24, 2.45) is 5.14 Å². The van der Waals surface area contributed by atoms with Crippen LogP contribution in [0.5, 0.6) is 0 Å². The van der Waals surface area contributed by atoms with E-state index in [1.807, 2.05) is 0 Å². The summed E-state index contributed by atoms with van der Waals surface area (Å²) in [5, 5.41) is 8.13. The van der Waals surface area contributed by atoms with Crippen LogP contribution in [0.2, 0.25) is 0 Å². The molecule has 2 unspecified atom stereocenters. The lowest BCUT2D eigenvalue weighted by atomic mass is 10.7. The van der Waals surface area contributed by atoms with Crippen molar-refractivity contribution in [2.45, 2.75) is 6.23 Å². The number of epoxide rings is 1. The number of rotatable bonds is 4. The average molecular weight is 151 g/mol. The lowest BCUT2D eigenvalue weighted by Gasteiger charge is -1.93. The first kappa shape index (κ1) is 7.30. The molecule has 54 valence electrons. The summed E-state index contributed by atoms with van der Waals surface area (Å²) in [5.41, 5.74) is 0. The predicted molar refractivity (Wildman–Crippen MR) is 36.8 cm³/mol. The molecular formula is C4H11N2O2S+. The smallest absolute Gasteiger partial charge is 0.233 e. The van der Waals surface area contributed by atoms with Crippen molar-refractivity contribution in [2.75, 3.05) is 18.9 Å². The molecule has 0 aromatic rings. The first-order valence-electron chi connectivity index (χ1n) is 2.78. The van der Waals surface area contributed by atoms with Crippen molar-refractivity contribution >= 4 is 11.4 Å². The quantitative estimate of drug-likeness (QED) is 0.352. The van der Waals surface area contributed by atoms with E-state index >= 15 is 0 Å². The van der Waals surface area contributed by atoms with Gasteiger partial charge in [-0.05, 0) is 0 Å². The predicted octanol–water partition coefficient (Wildman–Crippen LogP) is -1.10. The third kappa shape index (κ3) is 3.72. The first-order chi connectivity index (χ1) is 4.29. The van der Waals surface area contributed by atoms with Crippen LogP contribution in [-0.2, 0) is 16.1 Å². The van der Waals surface area contributed by atoms with Gasteiger partial charge in [0.1, 0.15) is 6.23 Å². The van der Waals surface area contributed by atoms with Gasteiger partial charge >= 0.3 is 0 Å². The first-order valence-corrected chi connectivity index (χ1v) is 4.20. The molecule has 1 aliphatic heterocycles. The van der Waals surface area contributed by atoms with E-state index in [1.165, 1.54) is 0 Å². The zero-order valence-electron chi connectivity index (χ0n) is 5.04. The van der Waals surface area contributed by atoms with Gasteiger partial charge in [-0.25, -0.2) is 0 Å². The van der Waals surface area contributed by atoms with Crippen LogP contribution in [0.3, 0.4) is 0 Å². The fourth-order valence-corrected chi connectivity index (χ4v) is 0.817. The second-order valence-corrected chi connectivity index (χ2v) is 3.09. The van der Waals surface area contributed by atoms with Gasteiger partial charge in [-0.3, -0.25) is 5.32 Å². The second kappa shape index (κ2) is 3.38. The highest BCUT2D eigenvalue weighted by Crippen LogP contribution is 2.02. The second-order valence-electron chi connectivity index (χ2n) is 1.88. The third-order valence-corrected chi connectivity index (χ3v) is 1.64. The van der Waals surface area contributed by atoms with Gasteiger partial charge < -0.3 is 4.74 Å². The van der Waals surface area contributed by atoms with Crippen LogP contribution in [0.15, 0.2) is 0 Å². The van der Waals surface area contributed by atoms with Crippen molar-refractivity contribution in [3.8, 4) is 0 Å². The van der Waals surface area contributed by atoms with Crippen LogP contribution in [0.25, 0.3) is 0 Å². The minimum absolute atomic E-state index is 0.230. The Morgan fingerprint density at radius 1 is 1.89 bits per heavy atom. The molecule has 1 aliphatic rings. The van der Waals surface area contributed by atoms with Crippen LogP contribution in [0, 0.1) is 0 Å². The van der Waals surface area contributed by atoms with E-state index in [2.05, 4.69) is 5.32 Å². The zero-order chi connectivity index (χ0) is 6.69. The van der Waals surface area contributed by atoms with Crippen molar-refractivity contribution in [3.63, 3.8) is 0 Å². The maximum absolute atomic E-state index is 8.61. The Labute approximate surface area is 57.1 Å². The maximum atomic E-state index is 8.61. The van der Waals surface area contributed by atoms with E-state index in [9.17, 15) is 0 Å². The number of hydrogen-bond donors (Lipinski definition) is 3.